The first-order valence-corrected chi connectivity index (χ1v) is 8.12. The second kappa shape index (κ2) is 7.63. The summed E-state index contributed by atoms with van der Waals surface area (Å²) in [6.07, 6.45) is 0. The highest BCUT2D eigenvalue weighted by molar-refractivity contribution is 7.80. The number of tetrazole rings is 1. The Morgan fingerprint density at radius 2 is 1.76 bits per heavy atom. The summed E-state index contributed by atoms with van der Waals surface area (Å²) in [4.78, 5) is 13.7. The summed E-state index contributed by atoms with van der Waals surface area (Å²) in [5.41, 5.74) is 2.64. The van der Waals surface area contributed by atoms with E-state index < -0.39 is 0 Å². The van der Waals surface area contributed by atoms with Gasteiger partial charge < -0.3 is 0 Å². The number of aromatic nitrogens is 4. The number of benzene rings is 2. The summed E-state index contributed by atoms with van der Waals surface area (Å²) < 4.78 is 0. The first kappa shape index (κ1) is 16.7. The number of hydrogen-bond donors (Lipinski definition) is 2. The molecule has 3 aromatic rings. The van der Waals surface area contributed by atoms with Crippen molar-refractivity contribution in [3.63, 3.8) is 0 Å². The van der Waals surface area contributed by atoms with Gasteiger partial charge in [0.2, 0.25) is 0 Å². The zero-order chi connectivity index (χ0) is 17.6. The quantitative estimate of drug-likeness (QED) is 0.702. The van der Waals surface area contributed by atoms with Gasteiger partial charge in [0.25, 0.3) is 11.9 Å². The van der Waals surface area contributed by atoms with Crippen LogP contribution in [0.1, 0.15) is 17.3 Å². The van der Waals surface area contributed by atoms with Crippen molar-refractivity contribution in [3.8, 4) is 11.1 Å². The van der Waals surface area contributed by atoms with Crippen LogP contribution in [0.2, 0.25) is 0 Å². The van der Waals surface area contributed by atoms with Crippen molar-refractivity contribution in [1.29, 1.82) is 0 Å². The van der Waals surface area contributed by atoms with Crippen LogP contribution in [0.4, 0.5) is 5.95 Å². The van der Waals surface area contributed by atoms with Crippen molar-refractivity contribution in [1.82, 2.24) is 25.5 Å². The number of rotatable bonds is 4. The molecule has 0 aliphatic heterocycles. The van der Waals surface area contributed by atoms with Crippen LogP contribution in [0.3, 0.4) is 0 Å². The SMILES string of the molecule is CCn1nnc(NC(=S)NC(=O)c2ccc(-c3ccccc3)cc2)n1. The average Bonchev–Trinajstić information content (AvgIpc) is 3.10. The number of nitrogens with one attached hydrogen (secondary N) is 2. The molecule has 0 unspecified atom stereocenters. The third-order valence-electron chi connectivity index (χ3n) is 3.44. The van der Waals surface area contributed by atoms with Crippen molar-refractivity contribution in [2.45, 2.75) is 13.5 Å². The molecule has 1 amide bonds. The number of carbonyl (C=O) groups is 1. The fourth-order valence-corrected chi connectivity index (χ4v) is 2.36. The Kier molecular flexibility index (Phi) is 5.10. The Bertz CT molecular complexity index is 876. The van der Waals surface area contributed by atoms with E-state index in [1.165, 1.54) is 4.80 Å². The maximum atomic E-state index is 12.3. The Labute approximate surface area is 150 Å². The number of amides is 1. The molecule has 0 bridgehead atoms. The largest absolute Gasteiger partial charge is 0.299 e. The summed E-state index contributed by atoms with van der Waals surface area (Å²) in [5.74, 6) is -0.0634. The molecule has 1 aromatic heterocycles. The van der Waals surface area contributed by atoms with Crippen LogP contribution in [-0.4, -0.2) is 31.2 Å². The van der Waals surface area contributed by atoms with Crippen molar-refractivity contribution < 1.29 is 4.79 Å². The number of hydrogen-bond acceptors (Lipinski definition) is 5. The van der Waals surface area contributed by atoms with Crippen molar-refractivity contribution in [2.24, 2.45) is 0 Å². The van der Waals surface area contributed by atoms with E-state index >= 15 is 0 Å². The van der Waals surface area contributed by atoms with E-state index in [1.807, 2.05) is 49.4 Å². The van der Waals surface area contributed by atoms with E-state index in [1.54, 1.807) is 12.1 Å². The lowest BCUT2D eigenvalue weighted by molar-refractivity contribution is 0.0978. The monoisotopic (exact) mass is 352 g/mol. The van der Waals surface area contributed by atoms with Crippen LogP contribution in [0, 0.1) is 0 Å². The highest BCUT2D eigenvalue weighted by Crippen LogP contribution is 2.19. The van der Waals surface area contributed by atoms with Gasteiger partial charge in [-0.1, -0.05) is 47.6 Å². The van der Waals surface area contributed by atoms with Crippen LogP contribution in [0.15, 0.2) is 54.6 Å². The van der Waals surface area contributed by atoms with Gasteiger partial charge in [-0.05, 0) is 47.6 Å². The zero-order valence-electron chi connectivity index (χ0n) is 13.5. The zero-order valence-corrected chi connectivity index (χ0v) is 14.3. The topological polar surface area (TPSA) is 84.7 Å². The Balaban J connectivity index is 1.61. The summed E-state index contributed by atoms with van der Waals surface area (Å²) in [6, 6.07) is 17.3. The summed E-state index contributed by atoms with van der Waals surface area (Å²) in [6.45, 7) is 2.49. The van der Waals surface area contributed by atoms with Crippen LogP contribution in [-0.2, 0) is 6.54 Å². The molecule has 0 saturated carbocycles. The Hall–Kier alpha value is -3.13. The minimum Gasteiger partial charge on any atom is -0.299 e. The standard InChI is InChI=1S/C17H16N6OS/c1-2-23-21-16(20-22-23)19-17(25)18-15(24)14-10-8-13(9-11-14)12-6-4-3-5-7-12/h3-11H,2H2,1H3,(H2,18,19,21,24,25). The van der Waals surface area contributed by atoms with Crippen molar-refractivity contribution >= 4 is 29.2 Å². The molecule has 3 rings (SSSR count). The van der Waals surface area contributed by atoms with Gasteiger partial charge in [0.15, 0.2) is 5.11 Å². The molecular formula is C17H16N6OS. The van der Waals surface area contributed by atoms with Gasteiger partial charge in [-0.2, -0.15) is 4.80 Å². The number of carbonyl (C=O) groups excluding carboxylic acids is 1. The molecule has 0 aliphatic carbocycles. The van der Waals surface area contributed by atoms with E-state index in [2.05, 4.69) is 26.0 Å². The predicted octanol–water partition coefficient (Wildman–Crippen LogP) is 2.49. The van der Waals surface area contributed by atoms with Crippen molar-refractivity contribution in [3.05, 3.63) is 60.2 Å². The molecule has 0 aliphatic rings. The molecule has 0 fully saturated rings. The van der Waals surface area contributed by atoms with Crippen LogP contribution < -0.4 is 10.6 Å². The third kappa shape index (κ3) is 4.24. The van der Waals surface area contributed by atoms with Crippen LogP contribution in [0.5, 0.6) is 0 Å². The second-order valence-electron chi connectivity index (χ2n) is 5.15. The molecular weight excluding hydrogens is 336 g/mol. The van der Waals surface area contributed by atoms with Gasteiger partial charge in [0.05, 0.1) is 6.54 Å². The van der Waals surface area contributed by atoms with Gasteiger partial charge in [0, 0.05) is 5.56 Å². The van der Waals surface area contributed by atoms with E-state index in [9.17, 15) is 4.79 Å². The van der Waals surface area contributed by atoms with Crippen molar-refractivity contribution in [2.75, 3.05) is 5.32 Å². The van der Waals surface area contributed by atoms with Crippen LogP contribution >= 0.6 is 12.2 Å². The lowest BCUT2D eigenvalue weighted by Gasteiger charge is -2.07. The minimum atomic E-state index is -0.306. The molecule has 0 saturated heterocycles. The average molecular weight is 352 g/mol. The molecule has 0 spiro atoms. The number of nitrogens with zero attached hydrogens (tertiary/aromatic N) is 4. The Morgan fingerprint density at radius 3 is 2.40 bits per heavy atom. The molecule has 2 N–H and O–H groups in total. The van der Waals surface area contributed by atoms with E-state index in [0.29, 0.717) is 12.1 Å². The highest BCUT2D eigenvalue weighted by Gasteiger charge is 2.10. The van der Waals surface area contributed by atoms with Gasteiger partial charge in [-0.25, -0.2) is 0 Å². The summed E-state index contributed by atoms with van der Waals surface area (Å²) in [5, 5.41) is 17.1. The number of thiocarbonyl (C=S) groups is 1. The lowest BCUT2D eigenvalue weighted by Crippen LogP contribution is -2.34. The molecule has 0 atom stereocenters. The fraction of sp³-hybridized carbons (Fsp3) is 0.118. The maximum Gasteiger partial charge on any atom is 0.269 e. The first-order chi connectivity index (χ1) is 12.2. The Morgan fingerprint density at radius 1 is 1.08 bits per heavy atom. The molecule has 8 heteroatoms. The molecule has 7 nitrogen and oxygen atoms in total. The van der Waals surface area contributed by atoms with Crippen LogP contribution in [0.25, 0.3) is 11.1 Å². The maximum absolute atomic E-state index is 12.3. The van der Waals surface area contributed by atoms with E-state index in [0.717, 1.165) is 11.1 Å². The van der Waals surface area contributed by atoms with E-state index in [4.69, 9.17) is 12.2 Å². The fourth-order valence-electron chi connectivity index (χ4n) is 2.18. The van der Waals surface area contributed by atoms with Gasteiger partial charge in [0.1, 0.15) is 0 Å². The van der Waals surface area contributed by atoms with Gasteiger partial charge >= 0.3 is 0 Å². The predicted molar refractivity (Wildman–Crippen MR) is 99.1 cm³/mol. The smallest absolute Gasteiger partial charge is 0.269 e. The number of aryl methyl sites for hydroxylation is 1. The van der Waals surface area contributed by atoms with Gasteiger partial charge in [-0.15, -0.1) is 5.10 Å². The molecule has 25 heavy (non-hydrogen) atoms. The minimum absolute atomic E-state index is 0.118. The molecule has 0 radical (unpaired) electrons. The van der Waals surface area contributed by atoms with Gasteiger partial charge in [-0.3, -0.25) is 15.4 Å². The summed E-state index contributed by atoms with van der Waals surface area (Å²) >= 11 is 5.10. The first-order valence-electron chi connectivity index (χ1n) is 7.71. The highest BCUT2D eigenvalue weighted by atomic mass is 32.1. The molecule has 2 aromatic carbocycles. The second-order valence-corrected chi connectivity index (χ2v) is 5.56. The number of anilines is 1. The molecule has 1 heterocycles. The van der Waals surface area contributed by atoms with E-state index in [-0.39, 0.29) is 17.0 Å². The third-order valence-corrected chi connectivity index (χ3v) is 3.65. The lowest BCUT2D eigenvalue weighted by atomic mass is 10.0. The molecule has 126 valence electrons. The summed E-state index contributed by atoms with van der Waals surface area (Å²) in [7, 11) is 0. The normalized spacial score (nSPS) is 10.3.